The molecule has 2 aromatic carbocycles. The van der Waals surface area contributed by atoms with Crippen LogP contribution in [0.3, 0.4) is 0 Å². The van der Waals surface area contributed by atoms with Crippen molar-refractivity contribution in [2.24, 2.45) is 0 Å². The second-order valence-electron chi connectivity index (χ2n) is 6.25. The number of allylic oxidation sites excluding steroid dienone is 5. The fraction of sp³-hybridized carbons (Fsp3) is 0.250. The lowest BCUT2D eigenvalue weighted by Crippen LogP contribution is -2.14. The zero-order valence-electron chi connectivity index (χ0n) is 13.6. The Labute approximate surface area is 148 Å². The summed E-state index contributed by atoms with van der Waals surface area (Å²) in [7, 11) is 0. The van der Waals surface area contributed by atoms with Gasteiger partial charge in [0.25, 0.3) is 0 Å². The molecule has 0 aliphatic heterocycles. The summed E-state index contributed by atoms with van der Waals surface area (Å²) in [5, 5.41) is 0. The molecule has 126 valence electrons. The van der Waals surface area contributed by atoms with Crippen LogP contribution in [0.4, 0.5) is 0 Å². The minimum atomic E-state index is 0. The van der Waals surface area contributed by atoms with Crippen LogP contribution < -0.4 is 0 Å². The Morgan fingerprint density at radius 1 is 0.958 bits per heavy atom. The Bertz CT molecular complexity index is 785. The molecule has 0 heteroatoms. The standard InChI is InChI=1S/C22H22.2CH4/c1-5-7-11-16(6-2)17-13-10-15-20-21(17)18-12-8-9-14-19(18)22(20,3)4;;/h5-15H,2H2,1,3-4H3;2*1H4/b7-5-,16-11+;;. The molecule has 1 aliphatic carbocycles. The zero-order valence-corrected chi connectivity index (χ0v) is 13.6. The van der Waals surface area contributed by atoms with Gasteiger partial charge in [-0.25, -0.2) is 0 Å². The summed E-state index contributed by atoms with van der Waals surface area (Å²) in [4.78, 5) is 0. The van der Waals surface area contributed by atoms with Crippen molar-refractivity contribution in [3.8, 4) is 11.1 Å². The van der Waals surface area contributed by atoms with Gasteiger partial charge in [0.15, 0.2) is 0 Å². The molecule has 0 N–H and O–H groups in total. The van der Waals surface area contributed by atoms with E-state index in [1.165, 1.54) is 33.4 Å². The average Bonchev–Trinajstić information content (AvgIpc) is 2.78. The normalized spacial score (nSPS) is 14.4. The van der Waals surface area contributed by atoms with E-state index in [2.05, 4.69) is 75.0 Å². The molecule has 0 spiro atoms. The van der Waals surface area contributed by atoms with Crippen molar-refractivity contribution in [2.75, 3.05) is 0 Å². The van der Waals surface area contributed by atoms with Crippen molar-refractivity contribution >= 4 is 5.57 Å². The van der Waals surface area contributed by atoms with Gasteiger partial charge < -0.3 is 0 Å². The monoisotopic (exact) mass is 318 g/mol. The maximum absolute atomic E-state index is 4.01. The molecular formula is C24H30. The maximum atomic E-state index is 4.01. The molecule has 0 saturated carbocycles. The number of fused-ring (bicyclic) bond motifs is 3. The fourth-order valence-corrected chi connectivity index (χ4v) is 3.46. The Hall–Kier alpha value is -2.34. The molecule has 0 aromatic heterocycles. The molecule has 0 heterocycles. The van der Waals surface area contributed by atoms with Gasteiger partial charge in [-0.05, 0) is 40.3 Å². The molecule has 0 radical (unpaired) electrons. The van der Waals surface area contributed by atoms with Crippen LogP contribution in [0, 0.1) is 0 Å². The molecule has 0 bridgehead atoms. The first-order valence-corrected chi connectivity index (χ1v) is 7.80. The van der Waals surface area contributed by atoms with Crippen molar-refractivity contribution in [1.82, 2.24) is 0 Å². The van der Waals surface area contributed by atoms with Gasteiger partial charge >= 0.3 is 0 Å². The fourth-order valence-electron chi connectivity index (χ4n) is 3.46. The third-order valence-corrected chi connectivity index (χ3v) is 4.61. The molecular weight excluding hydrogens is 288 g/mol. The Kier molecular flexibility index (Phi) is 6.15. The maximum Gasteiger partial charge on any atom is 0.0159 e. The lowest BCUT2D eigenvalue weighted by molar-refractivity contribution is 0.660. The number of rotatable bonds is 3. The van der Waals surface area contributed by atoms with E-state index in [9.17, 15) is 0 Å². The summed E-state index contributed by atoms with van der Waals surface area (Å²) < 4.78 is 0. The van der Waals surface area contributed by atoms with E-state index >= 15 is 0 Å². The Morgan fingerprint density at radius 3 is 2.29 bits per heavy atom. The summed E-state index contributed by atoms with van der Waals surface area (Å²) in [5.41, 5.74) is 8.01. The van der Waals surface area contributed by atoms with Gasteiger partial charge in [-0.1, -0.05) is 102 Å². The van der Waals surface area contributed by atoms with Crippen LogP contribution in [0.2, 0.25) is 0 Å². The van der Waals surface area contributed by atoms with E-state index < -0.39 is 0 Å². The highest BCUT2D eigenvalue weighted by atomic mass is 14.4. The SMILES string of the molecule is C.C.C=C/C(=C\C=C/C)c1cccc2c1-c1ccccc1C2(C)C. The highest BCUT2D eigenvalue weighted by molar-refractivity contribution is 5.92. The van der Waals surface area contributed by atoms with Gasteiger partial charge in [-0.15, -0.1) is 0 Å². The van der Waals surface area contributed by atoms with E-state index in [1.807, 2.05) is 19.1 Å². The second kappa shape index (κ2) is 7.49. The predicted octanol–water partition coefficient (Wildman–Crippen LogP) is 7.41. The first-order valence-electron chi connectivity index (χ1n) is 7.80. The predicted molar refractivity (Wildman–Crippen MR) is 110 cm³/mol. The lowest BCUT2D eigenvalue weighted by atomic mass is 9.82. The Balaban J connectivity index is 0.00000144. The summed E-state index contributed by atoms with van der Waals surface area (Å²) in [5.74, 6) is 0. The van der Waals surface area contributed by atoms with Crippen LogP contribution in [0.15, 0.2) is 73.3 Å². The molecule has 0 amide bonds. The first-order chi connectivity index (χ1) is 10.6. The van der Waals surface area contributed by atoms with Crippen molar-refractivity contribution in [2.45, 2.75) is 41.0 Å². The zero-order chi connectivity index (χ0) is 15.7. The molecule has 0 fully saturated rings. The highest BCUT2D eigenvalue weighted by Gasteiger charge is 2.36. The molecule has 0 saturated heterocycles. The molecule has 24 heavy (non-hydrogen) atoms. The van der Waals surface area contributed by atoms with E-state index in [4.69, 9.17) is 0 Å². The van der Waals surface area contributed by atoms with Crippen LogP contribution in [0.1, 0.15) is 52.3 Å². The topological polar surface area (TPSA) is 0 Å². The second-order valence-corrected chi connectivity index (χ2v) is 6.25. The van der Waals surface area contributed by atoms with Crippen LogP contribution in [-0.4, -0.2) is 0 Å². The van der Waals surface area contributed by atoms with Gasteiger partial charge in [0, 0.05) is 5.41 Å². The molecule has 2 aromatic rings. The Morgan fingerprint density at radius 2 is 1.62 bits per heavy atom. The summed E-state index contributed by atoms with van der Waals surface area (Å²) in [6, 6.07) is 15.4. The molecule has 0 atom stereocenters. The van der Waals surface area contributed by atoms with E-state index in [1.54, 1.807) is 0 Å². The van der Waals surface area contributed by atoms with E-state index in [-0.39, 0.29) is 20.3 Å². The molecule has 0 nitrogen and oxygen atoms in total. The quantitative estimate of drug-likeness (QED) is 0.517. The minimum absolute atomic E-state index is 0. The van der Waals surface area contributed by atoms with Gasteiger partial charge in [0.2, 0.25) is 0 Å². The number of hydrogen-bond donors (Lipinski definition) is 0. The molecule has 3 rings (SSSR count). The van der Waals surface area contributed by atoms with Crippen LogP contribution in [0.5, 0.6) is 0 Å². The van der Waals surface area contributed by atoms with Crippen LogP contribution in [-0.2, 0) is 5.41 Å². The number of benzene rings is 2. The van der Waals surface area contributed by atoms with Gasteiger partial charge in [-0.2, -0.15) is 0 Å². The molecule has 1 aliphatic rings. The highest BCUT2D eigenvalue weighted by Crippen LogP contribution is 2.50. The van der Waals surface area contributed by atoms with Gasteiger partial charge in [0.05, 0.1) is 0 Å². The number of hydrogen-bond acceptors (Lipinski definition) is 0. The largest absolute Gasteiger partial charge is 0.0984 e. The summed E-state index contributed by atoms with van der Waals surface area (Å²) >= 11 is 0. The van der Waals surface area contributed by atoms with Crippen molar-refractivity contribution < 1.29 is 0 Å². The minimum Gasteiger partial charge on any atom is -0.0984 e. The van der Waals surface area contributed by atoms with Crippen molar-refractivity contribution in [3.05, 3.63) is 90.0 Å². The summed E-state index contributed by atoms with van der Waals surface area (Å²) in [6.07, 6.45) is 8.20. The van der Waals surface area contributed by atoms with Crippen LogP contribution >= 0.6 is 0 Å². The third kappa shape index (κ3) is 2.89. The van der Waals surface area contributed by atoms with Crippen LogP contribution in [0.25, 0.3) is 16.7 Å². The van der Waals surface area contributed by atoms with Gasteiger partial charge in [0.1, 0.15) is 0 Å². The van der Waals surface area contributed by atoms with E-state index in [0.29, 0.717) is 0 Å². The summed E-state index contributed by atoms with van der Waals surface area (Å²) in [6.45, 7) is 10.7. The smallest absolute Gasteiger partial charge is 0.0159 e. The third-order valence-electron chi connectivity index (χ3n) is 4.61. The average molecular weight is 319 g/mol. The van der Waals surface area contributed by atoms with Crippen molar-refractivity contribution in [1.29, 1.82) is 0 Å². The first kappa shape index (κ1) is 19.7. The lowest BCUT2D eigenvalue weighted by Gasteiger charge is -2.21. The van der Waals surface area contributed by atoms with Crippen molar-refractivity contribution in [3.63, 3.8) is 0 Å². The van der Waals surface area contributed by atoms with E-state index in [0.717, 1.165) is 0 Å². The molecule has 0 unspecified atom stereocenters. The van der Waals surface area contributed by atoms with Gasteiger partial charge in [-0.3, -0.25) is 0 Å².